The van der Waals surface area contributed by atoms with Gasteiger partial charge in [0.05, 0.1) is 33.7 Å². The number of fused-ring (bicyclic) bond motifs is 6. The Bertz CT molecular complexity index is 2840. The second kappa shape index (κ2) is 11.6. The Morgan fingerprint density at radius 2 is 1.10 bits per heavy atom. The largest absolute Gasteiger partial charge is 0.309 e. The van der Waals surface area contributed by atoms with Crippen LogP contribution in [0.15, 0.2) is 152 Å². The molecule has 0 spiro atoms. The van der Waals surface area contributed by atoms with Gasteiger partial charge >= 0.3 is 0 Å². The minimum absolute atomic E-state index is 0.0303. The van der Waals surface area contributed by atoms with Gasteiger partial charge in [-0.2, -0.15) is 5.26 Å². The lowest BCUT2D eigenvalue weighted by atomic mass is 9.86. The number of rotatable bonds is 4. The predicted molar refractivity (Wildman–Crippen MR) is 209 cm³/mol. The quantitative estimate of drug-likeness (QED) is 0.185. The van der Waals surface area contributed by atoms with Crippen LogP contribution in [0.4, 0.5) is 4.39 Å². The third kappa shape index (κ3) is 5.09. The fourth-order valence-corrected chi connectivity index (χ4v) is 7.57. The van der Waals surface area contributed by atoms with Crippen molar-refractivity contribution in [3.63, 3.8) is 0 Å². The SMILES string of the molecule is CC(C)(C)c1ccc2c(c1)c1cc3c4ccccc4n(-c4cccc(C#N)c4)c3cc1n2-c1cc(-c2ccccc2)cc(-c2ccc(F)cc2)c1. The van der Waals surface area contributed by atoms with E-state index in [0.29, 0.717) is 5.56 Å². The van der Waals surface area contributed by atoms with Crippen LogP contribution >= 0.6 is 0 Å². The summed E-state index contributed by atoms with van der Waals surface area (Å²) in [5.74, 6) is -0.255. The van der Waals surface area contributed by atoms with Gasteiger partial charge in [0.15, 0.2) is 0 Å². The van der Waals surface area contributed by atoms with E-state index >= 15 is 0 Å². The van der Waals surface area contributed by atoms with E-state index in [1.54, 1.807) is 0 Å². The molecule has 0 aliphatic rings. The highest BCUT2D eigenvalue weighted by atomic mass is 19.1. The molecule has 0 radical (unpaired) electrons. The summed E-state index contributed by atoms with van der Waals surface area (Å²) in [5, 5.41) is 14.5. The van der Waals surface area contributed by atoms with Crippen molar-refractivity contribution in [3.05, 3.63) is 169 Å². The molecule has 9 rings (SSSR count). The van der Waals surface area contributed by atoms with Crippen molar-refractivity contribution in [2.75, 3.05) is 0 Å². The van der Waals surface area contributed by atoms with E-state index in [9.17, 15) is 9.65 Å². The molecule has 3 nitrogen and oxygen atoms in total. The van der Waals surface area contributed by atoms with Gasteiger partial charge in [0.1, 0.15) is 5.82 Å². The number of nitrogens with zero attached hydrogens (tertiary/aromatic N) is 3. The maximum absolute atomic E-state index is 14.1. The Morgan fingerprint density at radius 3 is 1.82 bits per heavy atom. The standard InChI is InChI=1S/C47H34FN3/c1-47(2,3)35-18-21-44-40(26-35)42-27-41-39-14-7-8-15-43(39)50(37-13-9-10-30(22-37)29-49)45(41)28-46(42)51(44)38-24-33(31-11-5-4-6-12-31)23-34(25-38)32-16-19-36(48)20-17-32/h4-28H,1-3H3. The molecule has 9 aromatic rings. The summed E-state index contributed by atoms with van der Waals surface area (Å²) in [6.07, 6.45) is 0. The topological polar surface area (TPSA) is 33.6 Å². The number of hydrogen-bond acceptors (Lipinski definition) is 1. The van der Waals surface area contributed by atoms with Crippen molar-refractivity contribution in [2.45, 2.75) is 26.2 Å². The van der Waals surface area contributed by atoms with Crippen molar-refractivity contribution in [3.8, 4) is 39.7 Å². The maximum Gasteiger partial charge on any atom is 0.123 e. The minimum Gasteiger partial charge on any atom is -0.309 e. The summed E-state index contributed by atoms with van der Waals surface area (Å²) in [5.41, 5.74) is 12.3. The van der Waals surface area contributed by atoms with Gasteiger partial charge in [-0.15, -0.1) is 0 Å². The first-order valence-electron chi connectivity index (χ1n) is 17.3. The number of para-hydroxylation sites is 1. The number of halogens is 1. The molecule has 2 heterocycles. The molecule has 51 heavy (non-hydrogen) atoms. The highest BCUT2D eigenvalue weighted by Gasteiger charge is 2.22. The van der Waals surface area contributed by atoms with Crippen molar-refractivity contribution in [1.29, 1.82) is 5.26 Å². The molecule has 0 saturated carbocycles. The van der Waals surface area contributed by atoms with Crippen LogP contribution in [0.1, 0.15) is 31.9 Å². The van der Waals surface area contributed by atoms with Crippen LogP contribution in [0.5, 0.6) is 0 Å². The van der Waals surface area contributed by atoms with E-state index in [4.69, 9.17) is 0 Å². The smallest absolute Gasteiger partial charge is 0.123 e. The Labute approximate surface area is 296 Å². The lowest BCUT2D eigenvalue weighted by Crippen LogP contribution is -2.10. The van der Waals surface area contributed by atoms with Crippen molar-refractivity contribution < 1.29 is 4.39 Å². The van der Waals surface area contributed by atoms with Gasteiger partial charge < -0.3 is 9.13 Å². The van der Waals surface area contributed by atoms with E-state index < -0.39 is 0 Å². The van der Waals surface area contributed by atoms with Crippen LogP contribution < -0.4 is 0 Å². The minimum atomic E-state index is -0.255. The molecule has 0 unspecified atom stereocenters. The van der Waals surface area contributed by atoms with Gasteiger partial charge in [0.2, 0.25) is 0 Å². The summed E-state index contributed by atoms with van der Waals surface area (Å²) in [6, 6.07) is 54.0. The summed E-state index contributed by atoms with van der Waals surface area (Å²) in [7, 11) is 0. The van der Waals surface area contributed by atoms with Crippen LogP contribution in [-0.4, -0.2) is 9.13 Å². The molecule has 0 aliphatic carbocycles. The van der Waals surface area contributed by atoms with Gasteiger partial charge in [0, 0.05) is 32.9 Å². The molecular formula is C47H34FN3. The number of aromatic nitrogens is 2. The molecule has 244 valence electrons. The van der Waals surface area contributed by atoms with E-state index in [1.807, 2.05) is 36.4 Å². The van der Waals surface area contributed by atoms with Gasteiger partial charge in [-0.05, 0) is 112 Å². The van der Waals surface area contributed by atoms with E-state index in [2.05, 4.69) is 139 Å². The summed E-state index contributed by atoms with van der Waals surface area (Å²) in [4.78, 5) is 0. The summed E-state index contributed by atoms with van der Waals surface area (Å²) >= 11 is 0. The molecular weight excluding hydrogens is 626 g/mol. The average Bonchev–Trinajstić information content (AvgIpc) is 3.65. The normalized spacial score (nSPS) is 11.9. The molecule has 7 aromatic carbocycles. The Kier molecular flexibility index (Phi) is 6.95. The fraction of sp³-hybridized carbons (Fsp3) is 0.0851. The molecule has 4 heteroatoms. The van der Waals surface area contributed by atoms with E-state index in [-0.39, 0.29) is 11.2 Å². The first-order valence-corrected chi connectivity index (χ1v) is 17.3. The van der Waals surface area contributed by atoms with Crippen LogP contribution in [0, 0.1) is 17.1 Å². The van der Waals surface area contributed by atoms with Crippen LogP contribution in [0.25, 0.3) is 77.2 Å². The third-order valence-electron chi connectivity index (χ3n) is 10.1. The van der Waals surface area contributed by atoms with Crippen molar-refractivity contribution in [1.82, 2.24) is 9.13 Å². The van der Waals surface area contributed by atoms with Gasteiger partial charge in [-0.3, -0.25) is 0 Å². The number of nitriles is 1. The number of hydrogen-bond donors (Lipinski definition) is 0. The molecule has 0 fully saturated rings. The van der Waals surface area contributed by atoms with Gasteiger partial charge in [-0.1, -0.05) is 93.6 Å². The highest BCUT2D eigenvalue weighted by molar-refractivity contribution is 6.19. The second-order valence-electron chi connectivity index (χ2n) is 14.4. The Balaban J connectivity index is 1.42. The molecule has 0 bridgehead atoms. The zero-order chi connectivity index (χ0) is 34.9. The van der Waals surface area contributed by atoms with Crippen molar-refractivity contribution >= 4 is 43.6 Å². The predicted octanol–water partition coefficient (Wildman–Crippen LogP) is 12.5. The zero-order valence-corrected chi connectivity index (χ0v) is 28.7. The van der Waals surface area contributed by atoms with Gasteiger partial charge in [0.25, 0.3) is 0 Å². The molecule has 2 aromatic heterocycles. The van der Waals surface area contributed by atoms with Crippen LogP contribution in [0.2, 0.25) is 0 Å². The third-order valence-corrected chi connectivity index (χ3v) is 10.1. The fourth-order valence-electron chi connectivity index (χ4n) is 7.57. The first kappa shape index (κ1) is 30.6. The molecule has 0 atom stereocenters. The Hall–Kier alpha value is -6.44. The zero-order valence-electron chi connectivity index (χ0n) is 28.7. The second-order valence-corrected chi connectivity index (χ2v) is 14.4. The highest BCUT2D eigenvalue weighted by Crippen LogP contribution is 2.42. The van der Waals surface area contributed by atoms with Crippen LogP contribution in [0.3, 0.4) is 0 Å². The first-order chi connectivity index (χ1) is 24.8. The van der Waals surface area contributed by atoms with E-state index in [0.717, 1.165) is 66.5 Å². The van der Waals surface area contributed by atoms with Gasteiger partial charge in [-0.25, -0.2) is 4.39 Å². The van der Waals surface area contributed by atoms with Crippen molar-refractivity contribution in [2.24, 2.45) is 0 Å². The molecule has 0 amide bonds. The average molecular weight is 660 g/mol. The Morgan fingerprint density at radius 1 is 0.471 bits per heavy atom. The molecule has 0 N–H and O–H groups in total. The van der Waals surface area contributed by atoms with E-state index in [1.165, 1.54) is 28.5 Å². The molecule has 0 aliphatic heterocycles. The number of benzene rings is 7. The lowest BCUT2D eigenvalue weighted by molar-refractivity contribution is 0.591. The summed E-state index contributed by atoms with van der Waals surface area (Å²) < 4.78 is 18.7. The molecule has 0 saturated heterocycles. The lowest BCUT2D eigenvalue weighted by Gasteiger charge is -2.19. The monoisotopic (exact) mass is 659 g/mol. The van der Waals surface area contributed by atoms with Crippen LogP contribution in [-0.2, 0) is 5.41 Å². The maximum atomic E-state index is 14.1. The summed E-state index contributed by atoms with van der Waals surface area (Å²) in [6.45, 7) is 6.77.